The molecule has 0 aromatic heterocycles. The van der Waals surface area contributed by atoms with Crippen molar-refractivity contribution in [2.75, 3.05) is 13.6 Å². The quantitative estimate of drug-likeness (QED) is 0.607. The molecule has 0 radical (unpaired) electrons. The van der Waals surface area contributed by atoms with Gasteiger partial charge in [-0.05, 0) is 12.3 Å². The minimum atomic E-state index is -0.185. The highest BCUT2D eigenvalue weighted by molar-refractivity contribution is 5.69. The SMILES string of the molecule is CC(C)C[C@H]1CN(C)C(=O)O1. The van der Waals surface area contributed by atoms with E-state index in [1.54, 1.807) is 11.9 Å². The number of hydrogen-bond acceptors (Lipinski definition) is 2. The van der Waals surface area contributed by atoms with E-state index in [2.05, 4.69) is 13.8 Å². The molecule has 3 heteroatoms. The van der Waals surface area contributed by atoms with Crippen LogP contribution in [-0.4, -0.2) is 30.7 Å². The standard InChI is InChI=1S/C8H15NO2/c1-6(2)4-7-5-9(3)8(10)11-7/h6-7H,4-5H2,1-3H3/t7-/m0/s1. The highest BCUT2D eigenvalue weighted by Crippen LogP contribution is 2.15. The zero-order chi connectivity index (χ0) is 8.43. The Bertz CT molecular complexity index is 156. The number of amides is 1. The van der Waals surface area contributed by atoms with E-state index in [1.165, 1.54) is 0 Å². The molecular formula is C8H15NO2. The van der Waals surface area contributed by atoms with Gasteiger partial charge in [-0.2, -0.15) is 0 Å². The van der Waals surface area contributed by atoms with Crippen molar-refractivity contribution in [2.45, 2.75) is 26.4 Å². The summed E-state index contributed by atoms with van der Waals surface area (Å²) < 4.78 is 5.07. The summed E-state index contributed by atoms with van der Waals surface area (Å²) in [5, 5.41) is 0. The second-order valence-corrected chi connectivity index (χ2v) is 3.52. The second-order valence-electron chi connectivity index (χ2n) is 3.52. The third-order valence-corrected chi connectivity index (χ3v) is 1.79. The monoisotopic (exact) mass is 157 g/mol. The molecule has 1 aliphatic rings. The van der Waals surface area contributed by atoms with Crippen LogP contribution in [0, 0.1) is 5.92 Å². The molecule has 1 amide bonds. The van der Waals surface area contributed by atoms with Crippen molar-refractivity contribution in [3.8, 4) is 0 Å². The summed E-state index contributed by atoms with van der Waals surface area (Å²) in [4.78, 5) is 12.5. The maximum Gasteiger partial charge on any atom is 0.409 e. The molecule has 0 spiro atoms. The fourth-order valence-electron chi connectivity index (χ4n) is 1.30. The molecule has 0 aliphatic carbocycles. The van der Waals surface area contributed by atoms with Gasteiger partial charge in [0.2, 0.25) is 0 Å². The van der Waals surface area contributed by atoms with E-state index in [0.717, 1.165) is 13.0 Å². The number of nitrogens with zero attached hydrogens (tertiary/aromatic N) is 1. The van der Waals surface area contributed by atoms with Crippen molar-refractivity contribution in [3.63, 3.8) is 0 Å². The molecular weight excluding hydrogens is 142 g/mol. The van der Waals surface area contributed by atoms with Gasteiger partial charge in [-0.3, -0.25) is 0 Å². The summed E-state index contributed by atoms with van der Waals surface area (Å²) in [6, 6.07) is 0. The largest absolute Gasteiger partial charge is 0.444 e. The van der Waals surface area contributed by atoms with Crippen molar-refractivity contribution in [1.82, 2.24) is 4.90 Å². The van der Waals surface area contributed by atoms with Crippen LogP contribution < -0.4 is 0 Å². The number of carbonyl (C=O) groups is 1. The number of carbonyl (C=O) groups excluding carboxylic acids is 1. The lowest BCUT2D eigenvalue weighted by atomic mass is 10.1. The number of ether oxygens (including phenoxy) is 1. The van der Waals surface area contributed by atoms with Crippen LogP contribution in [0.5, 0.6) is 0 Å². The maximum absolute atomic E-state index is 10.9. The lowest BCUT2D eigenvalue weighted by molar-refractivity contribution is 0.124. The predicted molar refractivity (Wildman–Crippen MR) is 42.4 cm³/mol. The highest BCUT2D eigenvalue weighted by Gasteiger charge is 2.28. The third kappa shape index (κ3) is 2.10. The molecule has 1 aliphatic heterocycles. The van der Waals surface area contributed by atoms with E-state index in [1.807, 2.05) is 0 Å². The van der Waals surface area contributed by atoms with E-state index in [0.29, 0.717) is 5.92 Å². The second kappa shape index (κ2) is 3.11. The molecule has 1 heterocycles. The highest BCUT2D eigenvalue weighted by atomic mass is 16.6. The van der Waals surface area contributed by atoms with Gasteiger partial charge in [0.15, 0.2) is 0 Å². The van der Waals surface area contributed by atoms with Crippen LogP contribution in [0.25, 0.3) is 0 Å². The molecule has 3 nitrogen and oxygen atoms in total. The fraction of sp³-hybridized carbons (Fsp3) is 0.875. The number of hydrogen-bond donors (Lipinski definition) is 0. The first-order valence-electron chi connectivity index (χ1n) is 4.01. The molecule has 11 heavy (non-hydrogen) atoms. The van der Waals surface area contributed by atoms with Crippen molar-refractivity contribution in [2.24, 2.45) is 5.92 Å². The van der Waals surface area contributed by atoms with E-state index >= 15 is 0 Å². The summed E-state index contributed by atoms with van der Waals surface area (Å²) in [6.45, 7) is 5.01. The van der Waals surface area contributed by atoms with Crippen molar-refractivity contribution in [1.29, 1.82) is 0 Å². The molecule has 0 bridgehead atoms. The zero-order valence-electron chi connectivity index (χ0n) is 7.33. The summed E-state index contributed by atoms with van der Waals surface area (Å²) in [5.41, 5.74) is 0. The molecule has 1 saturated heterocycles. The van der Waals surface area contributed by atoms with Gasteiger partial charge in [-0.25, -0.2) is 4.79 Å². The molecule has 1 fully saturated rings. The van der Waals surface area contributed by atoms with E-state index in [9.17, 15) is 4.79 Å². The first-order valence-corrected chi connectivity index (χ1v) is 4.01. The van der Waals surface area contributed by atoms with E-state index in [-0.39, 0.29) is 12.2 Å². The topological polar surface area (TPSA) is 29.5 Å². The van der Waals surface area contributed by atoms with Crippen LogP contribution in [0.3, 0.4) is 0 Å². The lowest BCUT2D eigenvalue weighted by Gasteiger charge is -2.09. The number of cyclic esters (lactones) is 1. The van der Waals surface area contributed by atoms with Crippen LogP contribution in [-0.2, 0) is 4.74 Å². The van der Waals surface area contributed by atoms with Crippen LogP contribution in [0.2, 0.25) is 0 Å². The number of rotatable bonds is 2. The zero-order valence-corrected chi connectivity index (χ0v) is 7.33. The van der Waals surface area contributed by atoms with Crippen LogP contribution in [0.15, 0.2) is 0 Å². The van der Waals surface area contributed by atoms with Crippen LogP contribution >= 0.6 is 0 Å². The average Bonchev–Trinajstić information content (AvgIpc) is 2.10. The van der Waals surface area contributed by atoms with Gasteiger partial charge in [-0.15, -0.1) is 0 Å². The summed E-state index contributed by atoms with van der Waals surface area (Å²) in [7, 11) is 1.77. The predicted octanol–water partition coefficient (Wildman–Crippen LogP) is 1.48. The molecule has 64 valence electrons. The van der Waals surface area contributed by atoms with Gasteiger partial charge in [0, 0.05) is 7.05 Å². The van der Waals surface area contributed by atoms with Crippen LogP contribution in [0.4, 0.5) is 4.79 Å². The smallest absolute Gasteiger partial charge is 0.409 e. The van der Waals surface area contributed by atoms with E-state index in [4.69, 9.17) is 4.74 Å². The Kier molecular flexibility index (Phi) is 2.37. The minimum Gasteiger partial charge on any atom is -0.444 e. The Labute approximate surface area is 67.3 Å². The number of likely N-dealkylation sites (N-methyl/N-ethyl adjacent to an activating group) is 1. The van der Waals surface area contributed by atoms with Crippen LogP contribution in [0.1, 0.15) is 20.3 Å². The normalized spacial score (nSPS) is 24.5. The lowest BCUT2D eigenvalue weighted by Crippen LogP contribution is -2.19. The van der Waals surface area contributed by atoms with Crippen molar-refractivity contribution in [3.05, 3.63) is 0 Å². The maximum atomic E-state index is 10.9. The average molecular weight is 157 g/mol. The summed E-state index contributed by atoms with van der Waals surface area (Å²) >= 11 is 0. The van der Waals surface area contributed by atoms with Crippen molar-refractivity contribution >= 4 is 6.09 Å². The molecule has 1 atom stereocenters. The summed E-state index contributed by atoms with van der Waals surface area (Å²) in [5.74, 6) is 0.597. The van der Waals surface area contributed by atoms with Gasteiger partial charge < -0.3 is 9.64 Å². The van der Waals surface area contributed by atoms with Gasteiger partial charge in [0.05, 0.1) is 6.54 Å². The first kappa shape index (κ1) is 8.37. The van der Waals surface area contributed by atoms with Gasteiger partial charge in [-0.1, -0.05) is 13.8 Å². The molecule has 0 aromatic rings. The minimum absolute atomic E-state index is 0.118. The molecule has 1 rings (SSSR count). The van der Waals surface area contributed by atoms with Gasteiger partial charge in [0.1, 0.15) is 6.10 Å². The Morgan fingerprint density at radius 3 is 2.73 bits per heavy atom. The Balaban J connectivity index is 2.35. The Morgan fingerprint density at radius 1 is 1.73 bits per heavy atom. The summed E-state index contributed by atoms with van der Waals surface area (Å²) in [6.07, 6.45) is 0.902. The van der Waals surface area contributed by atoms with Gasteiger partial charge in [0.25, 0.3) is 0 Å². The van der Waals surface area contributed by atoms with Gasteiger partial charge >= 0.3 is 6.09 Å². The third-order valence-electron chi connectivity index (χ3n) is 1.79. The Hall–Kier alpha value is -0.730. The van der Waals surface area contributed by atoms with Crippen molar-refractivity contribution < 1.29 is 9.53 Å². The fourth-order valence-corrected chi connectivity index (χ4v) is 1.30. The molecule has 0 saturated carbocycles. The van der Waals surface area contributed by atoms with E-state index < -0.39 is 0 Å². The molecule has 0 unspecified atom stereocenters. The first-order chi connectivity index (χ1) is 5.09. The Morgan fingerprint density at radius 2 is 2.36 bits per heavy atom. The molecule has 0 aromatic carbocycles. The molecule has 0 N–H and O–H groups in total.